The Morgan fingerprint density at radius 1 is 1.12 bits per heavy atom. The summed E-state index contributed by atoms with van der Waals surface area (Å²) in [6.07, 6.45) is 4.55. The quantitative estimate of drug-likeness (QED) is 0.603. The summed E-state index contributed by atoms with van der Waals surface area (Å²) in [7, 11) is -4.01. The summed E-state index contributed by atoms with van der Waals surface area (Å²) in [5, 5.41) is 2.20. The maximum Gasteiger partial charge on any atom is 0.294 e. The van der Waals surface area contributed by atoms with E-state index >= 15 is 0 Å². The van der Waals surface area contributed by atoms with E-state index in [9.17, 15) is 18.0 Å². The second kappa shape index (κ2) is 9.94. The number of nitrogens with one attached hydrogen (secondary N) is 1. The van der Waals surface area contributed by atoms with Crippen molar-refractivity contribution in [1.82, 2.24) is 4.90 Å². The molecule has 11 heteroatoms. The fourth-order valence-electron chi connectivity index (χ4n) is 3.84. The van der Waals surface area contributed by atoms with E-state index < -0.39 is 15.3 Å². The van der Waals surface area contributed by atoms with E-state index in [2.05, 4.69) is 9.71 Å². The van der Waals surface area contributed by atoms with Crippen LogP contribution in [0.2, 0.25) is 4.34 Å². The van der Waals surface area contributed by atoms with E-state index in [-0.39, 0.29) is 33.7 Å². The third kappa shape index (κ3) is 5.36. The highest BCUT2D eigenvalue weighted by atomic mass is 35.5. The SMILES string of the molecule is O=C(C[C@H]1SC(=NS(=O)(=O)c2ccc(Cl)s2)N(C2CCCCC2)C1=O)Nc1ccccc1. The molecule has 1 saturated carbocycles. The van der Waals surface area contributed by atoms with Gasteiger partial charge in [0.15, 0.2) is 5.17 Å². The van der Waals surface area contributed by atoms with Gasteiger partial charge in [0.2, 0.25) is 11.8 Å². The standard InChI is InChI=1S/C21H22ClN3O4S3/c22-17-11-12-19(31-17)32(28,29)24-21-25(15-9-5-2-6-10-15)20(27)16(30-21)13-18(26)23-14-7-3-1-4-8-14/h1,3-4,7-8,11-12,15-16H,2,5-6,9-10,13H2,(H,23,26)/t16-/m1/s1. The van der Waals surface area contributed by atoms with Gasteiger partial charge in [-0.05, 0) is 37.1 Å². The maximum absolute atomic E-state index is 13.3. The molecule has 2 aliphatic rings. The molecule has 0 unspecified atom stereocenters. The fourth-order valence-corrected chi connectivity index (χ4v) is 7.70. The van der Waals surface area contributed by atoms with Crippen molar-refractivity contribution in [2.45, 2.75) is 54.0 Å². The number of rotatable bonds is 6. The predicted octanol–water partition coefficient (Wildman–Crippen LogP) is 4.75. The largest absolute Gasteiger partial charge is 0.326 e. The zero-order chi connectivity index (χ0) is 22.7. The van der Waals surface area contributed by atoms with E-state index in [1.165, 1.54) is 17.0 Å². The molecule has 2 amide bonds. The third-order valence-electron chi connectivity index (χ3n) is 5.34. The Labute approximate surface area is 200 Å². The van der Waals surface area contributed by atoms with Crippen molar-refractivity contribution in [3.8, 4) is 0 Å². The summed E-state index contributed by atoms with van der Waals surface area (Å²) < 4.78 is 30.1. The first-order chi connectivity index (χ1) is 15.3. The van der Waals surface area contributed by atoms with E-state index in [1.54, 1.807) is 12.1 Å². The van der Waals surface area contributed by atoms with Crippen molar-refractivity contribution >= 4 is 67.4 Å². The van der Waals surface area contributed by atoms with Crippen molar-refractivity contribution in [3.05, 3.63) is 46.8 Å². The van der Waals surface area contributed by atoms with Crippen LogP contribution in [0.1, 0.15) is 38.5 Å². The molecule has 0 spiro atoms. The Morgan fingerprint density at radius 2 is 1.84 bits per heavy atom. The lowest BCUT2D eigenvalue weighted by Crippen LogP contribution is -2.42. The number of hydrogen-bond acceptors (Lipinski definition) is 6. The lowest BCUT2D eigenvalue weighted by Gasteiger charge is -2.30. The first-order valence-electron chi connectivity index (χ1n) is 10.3. The van der Waals surface area contributed by atoms with E-state index in [4.69, 9.17) is 11.6 Å². The average molecular weight is 512 g/mol. The number of nitrogens with zero attached hydrogens (tertiary/aromatic N) is 2. The number of halogens is 1. The van der Waals surface area contributed by atoms with Crippen molar-refractivity contribution in [1.29, 1.82) is 0 Å². The molecular formula is C21H22ClN3O4S3. The van der Waals surface area contributed by atoms with Crippen molar-refractivity contribution in [3.63, 3.8) is 0 Å². The molecule has 1 aliphatic heterocycles. The molecule has 7 nitrogen and oxygen atoms in total. The van der Waals surface area contributed by atoms with Gasteiger partial charge in [-0.1, -0.05) is 60.8 Å². The third-order valence-corrected chi connectivity index (χ3v) is 9.57. The van der Waals surface area contributed by atoms with Gasteiger partial charge in [-0.2, -0.15) is 8.42 Å². The van der Waals surface area contributed by atoms with Crippen LogP contribution in [0, 0.1) is 0 Å². The minimum Gasteiger partial charge on any atom is -0.326 e. The second-order valence-corrected chi connectivity index (χ2v) is 12.3. The van der Waals surface area contributed by atoms with Crippen molar-refractivity contribution in [2.75, 3.05) is 5.32 Å². The molecule has 1 aromatic carbocycles. The number of thioether (sulfide) groups is 1. The van der Waals surface area contributed by atoms with Crippen LogP contribution < -0.4 is 5.32 Å². The lowest BCUT2D eigenvalue weighted by molar-refractivity contribution is -0.130. The smallest absolute Gasteiger partial charge is 0.294 e. The van der Waals surface area contributed by atoms with Gasteiger partial charge < -0.3 is 5.32 Å². The zero-order valence-corrected chi connectivity index (χ0v) is 20.3. The van der Waals surface area contributed by atoms with Crippen LogP contribution in [0.15, 0.2) is 51.1 Å². The van der Waals surface area contributed by atoms with Gasteiger partial charge in [0, 0.05) is 18.2 Å². The van der Waals surface area contributed by atoms with Gasteiger partial charge >= 0.3 is 0 Å². The number of amides is 2. The average Bonchev–Trinajstić information content (AvgIpc) is 3.33. The van der Waals surface area contributed by atoms with Crippen LogP contribution in [0.5, 0.6) is 0 Å². The molecule has 2 heterocycles. The molecule has 2 aromatic rings. The molecule has 2 fully saturated rings. The Hall–Kier alpha value is -1.88. The number of para-hydroxylation sites is 1. The van der Waals surface area contributed by atoms with E-state index in [1.807, 2.05) is 18.2 Å². The Kier molecular flexibility index (Phi) is 7.24. The van der Waals surface area contributed by atoms with Gasteiger partial charge in [0.1, 0.15) is 9.46 Å². The highest BCUT2D eigenvalue weighted by Crippen LogP contribution is 2.37. The lowest BCUT2D eigenvalue weighted by atomic mass is 9.94. The van der Waals surface area contributed by atoms with E-state index in [0.29, 0.717) is 10.0 Å². The Morgan fingerprint density at radius 3 is 2.50 bits per heavy atom. The molecule has 32 heavy (non-hydrogen) atoms. The number of amidine groups is 1. The molecule has 1 saturated heterocycles. The minimum absolute atomic E-state index is 0.0249. The van der Waals surface area contributed by atoms with Crippen molar-refractivity contribution in [2.24, 2.45) is 4.40 Å². The summed E-state index contributed by atoms with van der Waals surface area (Å²) in [5.74, 6) is -0.567. The first-order valence-corrected chi connectivity index (χ1v) is 13.8. The molecule has 0 bridgehead atoms. The monoisotopic (exact) mass is 511 g/mol. The van der Waals surface area contributed by atoms with Gasteiger partial charge in [0.05, 0.1) is 4.34 Å². The summed E-state index contributed by atoms with van der Waals surface area (Å²) in [4.78, 5) is 27.3. The Bertz CT molecular complexity index is 1130. The molecule has 1 aromatic heterocycles. The number of sulfonamides is 1. The molecular weight excluding hydrogens is 490 g/mol. The second-order valence-electron chi connectivity index (χ2n) is 7.63. The number of carbonyl (C=O) groups is 2. The zero-order valence-electron chi connectivity index (χ0n) is 17.1. The molecule has 1 aliphatic carbocycles. The highest BCUT2D eigenvalue weighted by molar-refractivity contribution is 8.16. The minimum atomic E-state index is -4.01. The highest BCUT2D eigenvalue weighted by Gasteiger charge is 2.43. The number of anilines is 1. The van der Waals surface area contributed by atoms with Crippen molar-refractivity contribution < 1.29 is 18.0 Å². The fraction of sp³-hybridized carbons (Fsp3) is 0.381. The summed E-state index contributed by atoms with van der Waals surface area (Å²) in [6.45, 7) is 0. The summed E-state index contributed by atoms with van der Waals surface area (Å²) >= 11 is 7.86. The predicted molar refractivity (Wildman–Crippen MR) is 129 cm³/mol. The topological polar surface area (TPSA) is 95.9 Å². The molecule has 1 N–H and O–H groups in total. The van der Waals surface area contributed by atoms with Gasteiger partial charge in [-0.25, -0.2) is 0 Å². The molecule has 170 valence electrons. The molecule has 1 atom stereocenters. The van der Waals surface area contributed by atoms with E-state index in [0.717, 1.165) is 55.2 Å². The van der Waals surface area contributed by atoms with Gasteiger partial charge in [-0.15, -0.1) is 15.7 Å². The summed E-state index contributed by atoms with van der Waals surface area (Å²) in [6, 6.07) is 11.8. The van der Waals surface area contributed by atoms with Crippen LogP contribution in [-0.4, -0.2) is 41.6 Å². The summed E-state index contributed by atoms with van der Waals surface area (Å²) in [5.41, 5.74) is 0.642. The normalized spacial score (nSPS) is 21.3. The van der Waals surface area contributed by atoms with Crippen LogP contribution >= 0.6 is 34.7 Å². The number of benzene rings is 1. The van der Waals surface area contributed by atoms with Crippen LogP contribution in [-0.2, 0) is 19.6 Å². The maximum atomic E-state index is 13.3. The number of hydrogen-bond donors (Lipinski definition) is 1. The van der Waals surface area contributed by atoms with Gasteiger partial charge in [0.25, 0.3) is 10.0 Å². The Balaban J connectivity index is 1.57. The molecule has 0 radical (unpaired) electrons. The van der Waals surface area contributed by atoms with Crippen LogP contribution in [0.4, 0.5) is 5.69 Å². The molecule has 4 rings (SSSR count). The number of carbonyl (C=O) groups excluding carboxylic acids is 2. The number of thiophene rings is 1. The van der Waals surface area contributed by atoms with Crippen LogP contribution in [0.25, 0.3) is 0 Å². The van der Waals surface area contributed by atoms with Gasteiger partial charge in [-0.3, -0.25) is 14.5 Å². The first kappa shape index (κ1) is 23.3. The van der Waals surface area contributed by atoms with Crippen LogP contribution in [0.3, 0.4) is 0 Å².